The molecule has 0 fully saturated rings. The van der Waals surface area contributed by atoms with E-state index in [1.165, 1.54) is 0 Å². The molecule has 0 bridgehead atoms. The first kappa shape index (κ1) is 16.1. The molecule has 0 saturated heterocycles. The van der Waals surface area contributed by atoms with Crippen LogP contribution in [-0.2, 0) is 16.0 Å². The minimum atomic E-state index is -0.825. The normalized spacial score (nSPS) is 12.6. The summed E-state index contributed by atoms with van der Waals surface area (Å²) in [6.45, 7) is 5.23. The van der Waals surface area contributed by atoms with Gasteiger partial charge >= 0.3 is 6.09 Å². The van der Waals surface area contributed by atoms with Gasteiger partial charge < -0.3 is 15.8 Å². The predicted octanol–water partition coefficient (Wildman–Crippen LogP) is 0.401. The van der Waals surface area contributed by atoms with Crippen molar-refractivity contribution in [1.29, 1.82) is 0 Å². The number of primary amides is 1. The maximum absolute atomic E-state index is 11.7. The zero-order valence-electron chi connectivity index (χ0n) is 12.0. The maximum Gasteiger partial charge on any atom is 0.408 e. The minimum absolute atomic E-state index is 0.287. The summed E-state index contributed by atoms with van der Waals surface area (Å²) in [6, 6.07) is 6.18. The molecule has 2 amide bonds. The molecule has 0 aliphatic rings. The number of carbonyl (C=O) groups is 2. The van der Waals surface area contributed by atoms with Crippen LogP contribution in [0.2, 0.25) is 0 Å². The van der Waals surface area contributed by atoms with E-state index in [1.807, 2.05) is 0 Å². The molecule has 1 aromatic rings. The van der Waals surface area contributed by atoms with Crippen molar-refractivity contribution >= 4 is 25.3 Å². The number of rotatable bonds is 4. The highest BCUT2D eigenvalue weighted by atomic mass is 16.6. The van der Waals surface area contributed by atoms with E-state index in [1.54, 1.807) is 45.0 Å². The number of alkyl carbamates (subject to hydrolysis) is 1. The second kappa shape index (κ2) is 6.46. The summed E-state index contributed by atoms with van der Waals surface area (Å²) in [5, 5.41) is 2.47. The smallest absolute Gasteiger partial charge is 0.408 e. The SMILES string of the molecule is [B]c1ccc(CC(NC(=O)OC(C)(C)C)C(N)=O)cc1. The monoisotopic (exact) mass is 274 g/mol. The Morgan fingerprint density at radius 3 is 2.30 bits per heavy atom. The highest BCUT2D eigenvalue weighted by Gasteiger charge is 2.22. The lowest BCUT2D eigenvalue weighted by atomic mass is 9.94. The summed E-state index contributed by atoms with van der Waals surface area (Å²) in [7, 11) is 5.59. The van der Waals surface area contributed by atoms with Crippen LogP contribution in [0, 0.1) is 0 Å². The van der Waals surface area contributed by atoms with E-state index in [4.69, 9.17) is 18.3 Å². The molecule has 20 heavy (non-hydrogen) atoms. The van der Waals surface area contributed by atoms with Crippen LogP contribution in [0.1, 0.15) is 26.3 Å². The Morgan fingerprint density at radius 1 is 1.30 bits per heavy atom. The highest BCUT2D eigenvalue weighted by molar-refractivity contribution is 6.32. The maximum atomic E-state index is 11.7. The van der Waals surface area contributed by atoms with E-state index in [0.717, 1.165) is 5.56 Å². The van der Waals surface area contributed by atoms with E-state index in [2.05, 4.69) is 5.32 Å². The van der Waals surface area contributed by atoms with Crippen LogP contribution in [0.3, 0.4) is 0 Å². The van der Waals surface area contributed by atoms with Crippen molar-refractivity contribution < 1.29 is 14.3 Å². The molecule has 0 saturated carbocycles. The Labute approximate surface area is 120 Å². The average molecular weight is 274 g/mol. The minimum Gasteiger partial charge on any atom is -0.444 e. The number of ether oxygens (including phenoxy) is 1. The second-order valence-corrected chi connectivity index (χ2v) is 5.55. The molecule has 1 atom stereocenters. The zero-order valence-corrected chi connectivity index (χ0v) is 12.0. The third-order valence-electron chi connectivity index (χ3n) is 2.45. The fourth-order valence-electron chi connectivity index (χ4n) is 1.56. The van der Waals surface area contributed by atoms with E-state index >= 15 is 0 Å². The van der Waals surface area contributed by atoms with Gasteiger partial charge in [0.2, 0.25) is 5.91 Å². The molecule has 0 aliphatic heterocycles. The number of benzene rings is 1. The van der Waals surface area contributed by atoms with Gasteiger partial charge in [-0.2, -0.15) is 0 Å². The van der Waals surface area contributed by atoms with Crippen LogP contribution >= 0.6 is 0 Å². The number of hydrogen-bond acceptors (Lipinski definition) is 3. The lowest BCUT2D eigenvalue weighted by Crippen LogP contribution is -2.47. The van der Waals surface area contributed by atoms with E-state index in [0.29, 0.717) is 5.46 Å². The van der Waals surface area contributed by atoms with Gasteiger partial charge in [0.25, 0.3) is 0 Å². The molecule has 1 unspecified atom stereocenters. The van der Waals surface area contributed by atoms with Crippen LogP contribution in [0.15, 0.2) is 24.3 Å². The molecule has 1 rings (SSSR count). The summed E-state index contributed by atoms with van der Waals surface area (Å²) in [5.74, 6) is -0.618. The first-order valence-corrected chi connectivity index (χ1v) is 6.30. The molecule has 2 radical (unpaired) electrons. The summed E-state index contributed by atoms with van der Waals surface area (Å²) in [4.78, 5) is 23.1. The third kappa shape index (κ3) is 5.78. The number of nitrogens with two attached hydrogens (primary N) is 1. The summed E-state index contributed by atoms with van der Waals surface area (Å²) in [5.41, 5.74) is 6.14. The molecule has 1 aromatic carbocycles. The molecule has 3 N–H and O–H groups in total. The quantitative estimate of drug-likeness (QED) is 0.780. The van der Waals surface area contributed by atoms with Crippen LogP contribution in [0.25, 0.3) is 0 Å². The average Bonchev–Trinajstić information content (AvgIpc) is 2.28. The lowest BCUT2D eigenvalue weighted by Gasteiger charge is -2.22. The molecular formula is C14H19BN2O3. The number of amides is 2. The van der Waals surface area contributed by atoms with Crippen molar-refractivity contribution in [2.45, 2.75) is 38.8 Å². The molecule has 6 heteroatoms. The second-order valence-electron chi connectivity index (χ2n) is 5.55. The Hall–Kier alpha value is -1.98. The molecule has 0 aromatic heterocycles. The summed E-state index contributed by atoms with van der Waals surface area (Å²) < 4.78 is 5.10. The van der Waals surface area contributed by atoms with Gasteiger partial charge in [0.1, 0.15) is 19.5 Å². The van der Waals surface area contributed by atoms with Gasteiger partial charge in [-0.05, 0) is 26.3 Å². The predicted molar refractivity (Wildman–Crippen MR) is 77.9 cm³/mol. The van der Waals surface area contributed by atoms with E-state index in [-0.39, 0.29) is 6.42 Å². The van der Waals surface area contributed by atoms with Crippen molar-refractivity contribution in [3.8, 4) is 0 Å². The lowest BCUT2D eigenvalue weighted by molar-refractivity contribution is -0.120. The fourth-order valence-corrected chi connectivity index (χ4v) is 1.56. The van der Waals surface area contributed by atoms with Crippen molar-refractivity contribution in [3.05, 3.63) is 29.8 Å². The highest BCUT2D eigenvalue weighted by Crippen LogP contribution is 2.08. The number of hydrogen-bond donors (Lipinski definition) is 2. The van der Waals surface area contributed by atoms with Gasteiger partial charge in [-0.15, -0.1) is 0 Å². The van der Waals surface area contributed by atoms with Gasteiger partial charge in [-0.25, -0.2) is 4.79 Å². The summed E-state index contributed by atoms with van der Waals surface area (Å²) in [6.07, 6.45) is -0.383. The van der Waals surface area contributed by atoms with Crippen molar-refractivity contribution in [2.75, 3.05) is 0 Å². The van der Waals surface area contributed by atoms with Crippen molar-refractivity contribution in [2.24, 2.45) is 5.73 Å². The van der Waals surface area contributed by atoms with Crippen LogP contribution in [0.5, 0.6) is 0 Å². The molecule has 5 nitrogen and oxygen atoms in total. The molecule has 106 valence electrons. The Kier molecular flexibility index (Phi) is 5.19. The Bertz CT molecular complexity index is 480. The van der Waals surface area contributed by atoms with Gasteiger partial charge in [-0.3, -0.25) is 4.79 Å². The van der Waals surface area contributed by atoms with Crippen LogP contribution < -0.4 is 16.5 Å². The topological polar surface area (TPSA) is 81.4 Å². The molecular weight excluding hydrogens is 255 g/mol. The first-order chi connectivity index (χ1) is 9.17. The van der Waals surface area contributed by atoms with Crippen molar-refractivity contribution in [3.63, 3.8) is 0 Å². The zero-order chi connectivity index (χ0) is 15.3. The van der Waals surface area contributed by atoms with Gasteiger partial charge in [0.15, 0.2) is 0 Å². The van der Waals surface area contributed by atoms with E-state index in [9.17, 15) is 9.59 Å². The number of nitrogens with one attached hydrogen (secondary N) is 1. The van der Waals surface area contributed by atoms with Crippen LogP contribution in [0.4, 0.5) is 4.79 Å². The van der Waals surface area contributed by atoms with Crippen molar-refractivity contribution in [1.82, 2.24) is 5.32 Å². The molecule has 0 heterocycles. The summed E-state index contributed by atoms with van der Waals surface area (Å²) >= 11 is 0. The molecule has 0 aliphatic carbocycles. The number of carbonyl (C=O) groups excluding carboxylic acids is 2. The Morgan fingerprint density at radius 2 is 1.85 bits per heavy atom. The van der Waals surface area contributed by atoms with Gasteiger partial charge in [-0.1, -0.05) is 29.7 Å². The van der Waals surface area contributed by atoms with Gasteiger partial charge in [0.05, 0.1) is 0 Å². The fraction of sp³-hybridized carbons (Fsp3) is 0.429. The molecule has 0 spiro atoms. The van der Waals surface area contributed by atoms with Gasteiger partial charge in [0, 0.05) is 6.42 Å². The third-order valence-corrected chi connectivity index (χ3v) is 2.45. The standard InChI is InChI=1S/C14H19BN2O3/c1-14(2,3)20-13(19)17-11(12(16)18)8-9-4-6-10(15)7-5-9/h4-7,11H,8H2,1-3H3,(H2,16,18)(H,17,19). The van der Waals surface area contributed by atoms with Crippen LogP contribution in [-0.4, -0.2) is 31.5 Å². The van der Waals surface area contributed by atoms with E-state index < -0.39 is 23.6 Å². The first-order valence-electron chi connectivity index (χ1n) is 6.30. The largest absolute Gasteiger partial charge is 0.444 e. The Balaban J connectivity index is 2.68.